The number of furan rings is 1. The molecule has 0 bridgehead atoms. The highest BCUT2D eigenvalue weighted by Gasteiger charge is 2.17. The zero-order valence-electron chi connectivity index (χ0n) is 25.8. The van der Waals surface area contributed by atoms with E-state index in [9.17, 15) is 0 Å². The highest BCUT2D eigenvalue weighted by atomic mass is 16.3. The van der Waals surface area contributed by atoms with Gasteiger partial charge in [-0.2, -0.15) is 0 Å². The number of benzene rings is 7. The smallest absolute Gasteiger partial charge is 0.160 e. The third-order valence-electron chi connectivity index (χ3n) is 9.42. The molecule has 3 aromatic heterocycles. The highest BCUT2D eigenvalue weighted by Crippen LogP contribution is 2.38. The molecule has 0 atom stereocenters. The molecular weight excluding hydrogens is 587 g/mol. The van der Waals surface area contributed by atoms with E-state index >= 15 is 0 Å². The summed E-state index contributed by atoms with van der Waals surface area (Å²) in [6.07, 6.45) is 0. The number of rotatable bonds is 4. The standard InChI is InChI=1S/C44H27N3O/c1-2-10-28(11-3-1)29-18-20-30(21-19-29)43-35-14-4-7-15-38(35)45-44(46-43)31-22-24-32(25-23-31)47-39-16-8-5-12-33(39)36-27-42-37(26-40(36)47)34-13-6-9-17-41(34)48-42/h1-27H. The molecule has 0 N–H and O–H groups in total. The molecule has 7 aromatic carbocycles. The van der Waals surface area contributed by atoms with Crippen LogP contribution < -0.4 is 0 Å². The molecule has 0 spiro atoms. The lowest BCUT2D eigenvalue weighted by molar-refractivity contribution is 0.669. The summed E-state index contributed by atoms with van der Waals surface area (Å²) < 4.78 is 8.61. The van der Waals surface area contributed by atoms with Gasteiger partial charge in [0.25, 0.3) is 0 Å². The minimum atomic E-state index is 0.705. The molecule has 0 aliphatic rings. The van der Waals surface area contributed by atoms with E-state index in [4.69, 9.17) is 14.4 Å². The summed E-state index contributed by atoms with van der Waals surface area (Å²) in [5.41, 5.74) is 11.4. The predicted octanol–water partition coefficient (Wildman–Crippen LogP) is 11.6. The summed E-state index contributed by atoms with van der Waals surface area (Å²) in [7, 11) is 0. The Kier molecular flexibility index (Phi) is 5.84. The minimum Gasteiger partial charge on any atom is -0.456 e. The van der Waals surface area contributed by atoms with Crippen molar-refractivity contribution in [3.63, 3.8) is 0 Å². The third kappa shape index (κ3) is 4.16. The summed E-state index contributed by atoms with van der Waals surface area (Å²) >= 11 is 0. The van der Waals surface area contributed by atoms with Crippen LogP contribution in [0.2, 0.25) is 0 Å². The van der Waals surface area contributed by atoms with Crippen molar-refractivity contribution >= 4 is 54.6 Å². The Morgan fingerprint density at radius 3 is 1.88 bits per heavy atom. The lowest BCUT2D eigenvalue weighted by Gasteiger charge is -2.12. The second-order valence-electron chi connectivity index (χ2n) is 12.2. The van der Waals surface area contributed by atoms with E-state index in [0.29, 0.717) is 5.82 Å². The fourth-order valence-electron chi connectivity index (χ4n) is 7.10. The van der Waals surface area contributed by atoms with Gasteiger partial charge < -0.3 is 8.98 Å². The quantitative estimate of drug-likeness (QED) is 0.198. The Balaban J connectivity index is 1.10. The summed E-state index contributed by atoms with van der Waals surface area (Å²) in [5, 5.41) is 5.64. The molecule has 0 unspecified atom stereocenters. The fraction of sp³-hybridized carbons (Fsp3) is 0. The maximum absolute atomic E-state index is 6.26. The Bertz CT molecular complexity index is 2810. The third-order valence-corrected chi connectivity index (χ3v) is 9.42. The van der Waals surface area contributed by atoms with Gasteiger partial charge in [-0.25, -0.2) is 9.97 Å². The SMILES string of the molecule is c1ccc(-c2ccc(-c3nc(-c4ccc(-n5c6ccccc6c6cc7oc8ccccc8c7cc65)cc4)nc4ccccc34)cc2)cc1. The first-order valence-electron chi connectivity index (χ1n) is 16.2. The van der Waals surface area contributed by atoms with E-state index in [0.717, 1.165) is 66.4 Å². The average Bonchev–Trinajstić information content (AvgIpc) is 3.69. The number of nitrogens with zero attached hydrogens (tertiary/aromatic N) is 3. The summed E-state index contributed by atoms with van der Waals surface area (Å²) in [6, 6.07) is 57.2. The summed E-state index contributed by atoms with van der Waals surface area (Å²) in [4.78, 5) is 10.2. The lowest BCUT2D eigenvalue weighted by atomic mass is 10.0. The highest BCUT2D eigenvalue weighted by molar-refractivity contribution is 6.17. The van der Waals surface area contributed by atoms with Crippen molar-refractivity contribution in [3.8, 4) is 39.5 Å². The first-order chi connectivity index (χ1) is 23.8. The molecule has 48 heavy (non-hydrogen) atoms. The van der Waals surface area contributed by atoms with Crippen molar-refractivity contribution in [1.82, 2.24) is 14.5 Å². The van der Waals surface area contributed by atoms with Gasteiger partial charge in [-0.3, -0.25) is 0 Å². The van der Waals surface area contributed by atoms with Gasteiger partial charge in [0.2, 0.25) is 0 Å². The fourth-order valence-corrected chi connectivity index (χ4v) is 7.10. The van der Waals surface area contributed by atoms with Gasteiger partial charge in [0, 0.05) is 43.7 Å². The molecule has 4 nitrogen and oxygen atoms in total. The van der Waals surface area contributed by atoms with Gasteiger partial charge in [-0.15, -0.1) is 0 Å². The molecule has 4 heteroatoms. The number of hydrogen-bond acceptors (Lipinski definition) is 3. The predicted molar refractivity (Wildman–Crippen MR) is 197 cm³/mol. The molecule has 0 aliphatic carbocycles. The molecule has 224 valence electrons. The maximum atomic E-state index is 6.26. The number of aromatic nitrogens is 3. The largest absolute Gasteiger partial charge is 0.456 e. The van der Waals surface area contributed by atoms with Crippen molar-refractivity contribution in [2.24, 2.45) is 0 Å². The van der Waals surface area contributed by atoms with E-state index in [2.05, 4.69) is 138 Å². The van der Waals surface area contributed by atoms with Crippen LogP contribution in [0, 0.1) is 0 Å². The number of para-hydroxylation sites is 3. The zero-order valence-corrected chi connectivity index (χ0v) is 25.8. The van der Waals surface area contributed by atoms with Gasteiger partial charge in [0.05, 0.1) is 22.2 Å². The zero-order chi connectivity index (χ0) is 31.6. The summed E-state index contributed by atoms with van der Waals surface area (Å²) in [5.74, 6) is 0.705. The normalized spacial score (nSPS) is 11.8. The van der Waals surface area contributed by atoms with E-state index in [1.165, 1.54) is 21.9 Å². The van der Waals surface area contributed by atoms with Crippen molar-refractivity contribution in [3.05, 3.63) is 164 Å². The Hall–Kier alpha value is -6.52. The topological polar surface area (TPSA) is 43.9 Å². The van der Waals surface area contributed by atoms with E-state index in [-0.39, 0.29) is 0 Å². The molecule has 3 heterocycles. The van der Waals surface area contributed by atoms with Gasteiger partial charge in [-0.05, 0) is 65.7 Å². The van der Waals surface area contributed by atoms with Crippen LogP contribution in [-0.4, -0.2) is 14.5 Å². The first kappa shape index (κ1) is 26.7. The van der Waals surface area contributed by atoms with E-state index < -0.39 is 0 Å². The molecule has 0 fully saturated rings. The minimum absolute atomic E-state index is 0.705. The van der Waals surface area contributed by atoms with Crippen LogP contribution in [0.3, 0.4) is 0 Å². The van der Waals surface area contributed by atoms with Crippen molar-refractivity contribution < 1.29 is 4.42 Å². The molecule has 0 saturated heterocycles. The van der Waals surface area contributed by atoms with Crippen molar-refractivity contribution in [2.45, 2.75) is 0 Å². The average molecular weight is 614 g/mol. The van der Waals surface area contributed by atoms with Crippen LogP contribution in [0.5, 0.6) is 0 Å². The van der Waals surface area contributed by atoms with Crippen LogP contribution in [-0.2, 0) is 0 Å². The van der Waals surface area contributed by atoms with Crippen LogP contribution in [0.25, 0.3) is 94.1 Å². The monoisotopic (exact) mass is 613 g/mol. The number of hydrogen-bond donors (Lipinski definition) is 0. The van der Waals surface area contributed by atoms with Crippen LogP contribution in [0.1, 0.15) is 0 Å². The van der Waals surface area contributed by atoms with Crippen LogP contribution in [0.15, 0.2) is 168 Å². The number of fused-ring (bicyclic) bond motifs is 7. The molecule has 0 amide bonds. The summed E-state index contributed by atoms with van der Waals surface area (Å²) in [6.45, 7) is 0. The Labute approximate surface area is 276 Å². The molecular formula is C44H27N3O. The maximum Gasteiger partial charge on any atom is 0.160 e. The van der Waals surface area contributed by atoms with Crippen molar-refractivity contribution in [2.75, 3.05) is 0 Å². The van der Waals surface area contributed by atoms with E-state index in [1.807, 2.05) is 30.3 Å². The molecule has 0 saturated carbocycles. The molecule has 10 rings (SSSR count). The van der Waals surface area contributed by atoms with Crippen LogP contribution >= 0.6 is 0 Å². The van der Waals surface area contributed by atoms with Gasteiger partial charge in [0.1, 0.15) is 11.2 Å². The van der Waals surface area contributed by atoms with Crippen LogP contribution in [0.4, 0.5) is 0 Å². The molecule has 0 aliphatic heterocycles. The van der Waals surface area contributed by atoms with E-state index in [1.54, 1.807) is 0 Å². The first-order valence-corrected chi connectivity index (χ1v) is 16.2. The molecule has 10 aromatic rings. The Morgan fingerprint density at radius 2 is 1.04 bits per heavy atom. The Morgan fingerprint density at radius 1 is 0.396 bits per heavy atom. The second kappa shape index (κ2) is 10.5. The van der Waals surface area contributed by atoms with Crippen molar-refractivity contribution in [1.29, 1.82) is 0 Å². The van der Waals surface area contributed by atoms with Gasteiger partial charge in [0.15, 0.2) is 5.82 Å². The second-order valence-corrected chi connectivity index (χ2v) is 12.2. The molecule has 0 radical (unpaired) electrons. The van der Waals surface area contributed by atoms with Gasteiger partial charge in [-0.1, -0.05) is 109 Å². The lowest BCUT2D eigenvalue weighted by Crippen LogP contribution is -1.97. The van der Waals surface area contributed by atoms with Gasteiger partial charge >= 0.3 is 0 Å².